The zero-order chi connectivity index (χ0) is 18.6. The van der Waals surface area contributed by atoms with E-state index in [1.807, 2.05) is 0 Å². The Morgan fingerprint density at radius 3 is 2.40 bits per heavy atom. The van der Waals surface area contributed by atoms with Gasteiger partial charge in [-0.25, -0.2) is 0 Å². The van der Waals surface area contributed by atoms with Crippen LogP contribution in [0.2, 0.25) is 5.02 Å². The summed E-state index contributed by atoms with van der Waals surface area (Å²) in [7, 11) is 0. The maximum absolute atomic E-state index is 12.2. The van der Waals surface area contributed by atoms with E-state index in [0.717, 1.165) is 6.07 Å². The minimum absolute atomic E-state index is 0.0581. The second-order valence-electron chi connectivity index (χ2n) is 4.90. The molecule has 0 aliphatic carbocycles. The van der Waals surface area contributed by atoms with Crippen molar-refractivity contribution in [2.24, 2.45) is 0 Å². The van der Waals surface area contributed by atoms with Crippen LogP contribution in [0.5, 0.6) is 5.75 Å². The number of ether oxygens (including phenoxy) is 1. The van der Waals surface area contributed by atoms with Crippen molar-refractivity contribution in [3.8, 4) is 5.75 Å². The van der Waals surface area contributed by atoms with Gasteiger partial charge in [-0.05, 0) is 25.1 Å². The normalized spacial score (nSPS) is 11.4. The first kappa shape index (κ1) is 18.1. The van der Waals surface area contributed by atoms with Crippen LogP contribution in [-0.4, -0.2) is 21.9 Å². The Labute approximate surface area is 146 Å². The molecule has 0 heterocycles. The molecular weight excluding hydrogens is 354 g/mol. The summed E-state index contributed by atoms with van der Waals surface area (Å²) in [5, 5.41) is 24.2. The van der Waals surface area contributed by atoms with Crippen molar-refractivity contribution in [1.29, 1.82) is 0 Å². The third kappa shape index (κ3) is 4.42. The predicted octanol–water partition coefficient (Wildman–Crippen LogP) is 3.56. The van der Waals surface area contributed by atoms with Crippen molar-refractivity contribution in [2.45, 2.75) is 13.0 Å². The number of nitrogens with zero attached hydrogens (tertiary/aromatic N) is 2. The van der Waals surface area contributed by atoms with Gasteiger partial charge in [-0.15, -0.1) is 0 Å². The van der Waals surface area contributed by atoms with Crippen LogP contribution in [0.25, 0.3) is 0 Å². The highest BCUT2D eigenvalue weighted by atomic mass is 35.5. The molecule has 0 bridgehead atoms. The van der Waals surface area contributed by atoms with E-state index < -0.39 is 21.9 Å². The molecule has 2 aromatic rings. The fourth-order valence-corrected chi connectivity index (χ4v) is 2.11. The van der Waals surface area contributed by atoms with E-state index in [1.54, 1.807) is 0 Å². The minimum atomic E-state index is -1.07. The molecule has 0 aliphatic rings. The Balaban J connectivity index is 2.13. The van der Waals surface area contributed by atoms with Crippen LogP contribution >= 0.6 is 11.6 Å². The van der Waals surface area contributed by atoms with Gasteiger partial charge in [0.05, 0.1) is 9.85 Å². The average molecular weight is 366 g/mol. The summed E-state index contributed by atoms with van der Waals surface area (Å²) < 4.78 is 5.33. The van der Waals surface area contributed by atoms with Crippen LogP contribution in [0.1, 0.15) is 6.92 Å². The SMILES string of the molecule is C[C@H](Oc1ccccc1[N+](=O)[O-])C(=O)Nc1ccc(Cl)c([N+](=O)[O-])c1. The minimum Gasteiger partial charge on any atom is -0.474 e. The number of nitro groups is 2. The number of carbonyl (C=O) groups is 1. The van der Waals surface area contributed by atoms with Crippen LogP contribution in [-0.2, 0) is 4.79 Å². The Morgan fingerprint density at radius 1 is 1.12 bits per heavy atom. The van der Waals surface area contributed by atoms with Gasteiger partial charge >= 0.3 is 5.69 Å². The van der Waals surface area contributed by atoms with Crippen molar-refractivity contribution in [3.63, 3.8) is 0 Å². The summed E-state index contributed by atoms with van der Waals surface area (Å²) in [5.41, 5.74) is -0.477. The van der Waals surface area contributed by atoms with Crippen molar-refractivity contribution in [1.82, 2.24) is 0 Å². The number of rotatable bonds is 6. The lowest BCUT2D eigenvalue weighted by molar-refractivity contribution is -0.386. The summed E-state index contributed by atoms with van der Waals surface area (Å²) in [5.74, 6) is -0.688. The average Bonchev–Trinajstić information content (AvgIpc) is 2.56. The van der Waals surface area contributed by atoms with Crippen molar-refractivity contribution < 1.29 is 19.4 Å². The first-order valence-corrected chi connectivity index (χ1v) is 7.32. The number of para-hydroxylation sites is 2. The largest absolute Gasteiger partial charge is 0.474 e. The summed E-state index contributed by atoms with van der Waals surface area (Å²) in [6.45, 7) is 1.40. The maximum atomic E-state index is 12.2. The molecule has 25 heavy (non-hydrogen) atoms. The van der Waals surface area contributed by atoms with Gasteiger partial charge in [-0.1, -0.05) is 23.7 Å². The molecule has 1 amide bonds. The monoisotopic (exact) mass is 365 g/mol. The lowest BCUT2D eigenvalue weighted by Crippen LogP contribution is -2.30. The molecule has 0 spiro atoms. The van der Waals surface area contributed by atoms with E-state index in [4.69, 9.17) is 16.3 Å². The van der Waals surface area contributed by atoms with Gasteiger partial charge in [0.2, 0.25) is 0 Å². The molecule has 130 valence electrons. The Hall–Kier alpha value is -3.20. The van der Waals surface area contributed by atoms with Crippen molar-refractivity contribution in [2.75, 3.05) is 5.32 Å². The molecular formula is C15H12ClN3O6. The number of nitro benzene ring substituents is 2. The highest BCUT2D eigenvalue weighted by Crippen LogP contribution is 2.29. The third-order valence-corrected chi connectivity index (χ3v) is 3.46. The van der Waals surface area contributed by atoms with Gasteiger partial charge in [-0.2, -0.15) is 0 Å². The van der Waals surface area contributed by atoms with Crippen LogP contribution in [0.3, 0.4) is 0 Å². The molecule has 2 aromatic carbocycles. The zero-order valence-electron chi connectivity index (χ0n) is 12.8. The Bertz CT molecular complexity index is 842. The number of anilines is 1. The second kappa shape index (κ2) is 7.58. The first-order chi connectivity index (χ1) is 11.8. The van der Waals surface area contributed by atoms with Crippen molar-refractivity contribution >= 4 is 34.6 Å². The van der Waals surface area contributed by atoms with Crippen LogP contribution in [0.15, 0.2) is 42.5 Å². The van der Waals surface area contributed by atoms with E-state index in [9.17, 15) is 25.0 Å². The lowest BCUT2D eigenvalue weighted by Gasteiger charge is -2.14. The fraction of sp³-hybridized carbons (Fsp3) is 0.133. The number of halogens is 1. The molecule has 0 aromatic heterocycles. The Kier molecular flexibility index (Phi) is 5.50. The quantitative estimate of drug-likeness (QED) is 0.616. The summed E-state index contributed by atoms with van der Waals surface area (Å²) in [4.78, 5) is 32.7. The molecule has 2 rings (SSSR count). The molecule has 1 atom stereocenters. The molecule has 9 nitrogen and oxygen atoms in total. The topological polar surface area (TPSA) is 125 Å². The summed E-state index contributed by atoms with van der Waals surface area (Å²) in [6.07, 6.45) is -1.07. The van der Waals surface area contributed by atoms with Gasteiger partial charge in [0.25, 0.3) is 11.6 Å². The van der Waals surface area contributed by atoms with Crippen LogP contribution in [0.4, 0.5) is 17.1 Å². The number of hydrogen-bond donors (Lipinski definition) is 1. The van der Waals surface area contributed by atoms with Gasteiger partial charge in [-0.3, -0.25) is 25.0 Å². The molecule has 0 saturated carbocycles. The number of benzene rings is 2. The van der Waals surface area contributed by atoms with E-state index in [2.05, 4.69) is 5.32 Å². The number of carbonyl (C=O) groups excluding carboxylic acids is 1. The van der Waals surface area contributed by atoms with Gasteiger partial charge in [0.1, 0.15) is 5.02 Å². The van der Waals surface area contributed by atoms with E-state index >= 15 is 0 Å². The molecule has 0 aliphatic heterocycles. The molecule has 0 unspecified atom stereocenters. The van der Waals surface area contributed by atoms with E-state index in [-0.39, 0.29) is 27.8 Å². The molecule has 0 fully saturated rings. The molecule has 1 N–H and O–H groups in total. The van der Waals surface area contributed by atoms with Gasteiger partial charge in [0, 0.05) is 17.8 Å². The molecule has 0 radical (unpaired) electrons. The highest BCUT2D eigenvalue weighted by Gasteiger charge is 2.21. The number of nitrogens with one attached hydrogen (secondary N) is 1. The Morgan fingerprint density at radius 2 is 1.76 bits per heavy atom. The first-order valence-electron chi connectivity index (χ1n) is 6.94. The van der Waals surface area contributed by atoms with Crippen LogP contribution < -0.4 is 10.1 Å². The summed E-state index contributed by atoms with van der Waals surface area (Å²) >= 11 is 5.70. The van der Waals surface area contributed by atoms with Crippen molar-refractivity contribution in [3.05, 3.63) is 67.7 Å². The molecule has 10 heteroatoms. The second-order valence-corrected chi connectivity index (χ2v) is 5.30. The summed E-state index contributed by atoms with van der Waals surface area (Å²) in [6, 6.07) is 9.42. The fourth-order valence-electron chi connectivity index (χ4n) is 1.93. The third-order valence-electron chi connectivity index (χ3n) is 3.15. The van der Waals surface area contributed by atoms with Crippen LogP contribution in [0, 0.1) is 20.2 Å². The maximum Gasteiger partial charge on any atom is 0.310 e. The lowest BCUT2D eigenvalue weighted by atomic mass is 10.2. The molecule has 0 saturated heterocycles. The zero-order valence-corrected chi connectivity index (χ0v) is 13.6. The van der Waals surface area contributed by atoms with E-state index in [1.165, 1.54) is 43.3 Å². The van der Waals surface area contributed by atoms with Gasteiger partial charge < -0.3 is 10.1 Å². The van der Waals surface area contributed by atoms with E-state index in [0.29, 0.717) is 0 Å². The predicted molar refractivity (Wildman–Crippen MR) is 89.9 cm³/mol. The number of hydrogen-bond acceptors (Lipinski definition) is 6. The highest BCUT2D eigenvalue weighted by molar-refractivity contribution is 6.32. The standard InChI is InChI=1S/C15H12ClN3O6/c1-9(25-14-5-3-2-4-12(14)18(21)22)15(20)17-10-6-7-11(16)13(8-10)19(23)24/h2-9H,1H3,(H,17,20)/t9-/m0/s1. The van der Waals surface area contributed by atoms with Gasteiger partial charge in [0.15, 0.2) is 11.9 Å². The number of amides is 1. The smallest absolute Gasteiger partial charge is 0.310 e.